The number of aromatic nitrogens is 2. The van der Waals surface area contributed by atoms with Gasteiger partial charge in [-0.15, -0.1) is 0 Å². The van der Waals surface area contributed by atoms with Crippen molar-refractivity contribution in [2.75, 3.05) is 18.1 Å². The molecule has 0 amide bonds. The van der Waals surface area contributed by atoms with Crippen LogP contribution in [0.2, 0.25) is 0 Å². The summed E-state index contributed by atoms with van der Waals surface area (Å²) in [5.41, 5.74) is 5.78. The lowest BCUT2D eigenvalue weighted by Crippen LogP contribution is -2.48. The highest BCUT2D eigenvalue weighted by atomic mass is 16.1. The van der Waals surface area contributed by atoms with E-state index in [-0.39, 0.29) is 5.56 Å². The predicted octanol–water partition coefficient (Wildman–Crippen LogP) is 4.94. The van der Waals surface area contributed by atoms with Gasteiger partial charge in [-0.1, -0.05) is 37.6 Å². The van der Waals surface area contributed by atoms with E-state index < -0.39 is 0 Å². The number of fused-ring (bicyclic) bond motifs is 1. The minimum Gasteiger partial charge on any atom is -0.298 e. The molecular weight excluding hydrogens is 372 g/mol. The molecule has 0 fully saturated rings. The average molecular weight is 407 g/mol. The van der Waals surface area contributed by atoms with E-state index in [1.807, 2.05) is 18.4 Å². The van der Waals surface area contributed by atoms with Crippen molar-refractivity contribution in [3.63, 3.8) is 0 Å². The number of hydrogen-bond acceptors (Lipinski definition) is 4. The highest BCUT2D eigenvalue weighted by molar-refractivity contribution is 5.59. The van der Waals surface area contributed by atoms with E-state index >= 15 is 0 Å². The Morgan fingerprint density at radius 1 is 1.03 bits per heavy atom. The molecule has 0 saturated carbocycles. The maximum atomic E-state index is 13.3. The number of allylic oxidation sites excluding steroid dienone is 1. The lowest BCUT2D eigenvalue weighted by Gasteiger charge is -2.38. The normalized spacial score (nSPS) is 17.0. The Bertz CT molecular complexity index is 974. The molecule has 5 nitrogen and oxygen atoms in total. The third kappa shape index (κ3) is 4.22. The summed E-state index contributed by atoms with van der Waals surface area (Å²) in [6.45, 7) is 8.51. The van der Waals surface area contributed by atoms with Crippen LogP contribution in [0.4, 0.5) is 11.6 Å². The second kappa shape index (κ2) is 9.17. The van der Waals surface area contributed by atoms with Crippen molar-refractivity contribution in [1.29, 1.82) is 0 Å². The summed E-state index contributed by atoms with van der Waals surface area (Å²) < 4.78 is 1.87. The van der Waals surface area contributed by atoms with Crippen LogP contribution >= 0.6 is 0 Å². The van der Waals surface area contributed by atoms with Gasteiger partial charge < -0.3 is 0 Å². The first-order valence-electron chi connectivity index (χ1n) is 11.5. The molecule has 30 heavy (non-hydrogen) atoms. The monoisotopic (exact) mass is 406 g/mol. The van der Waals surface area contributed by atoms with E-state index in [9.17, 15) is 4.79 Å². The van der Waals surface area contributed by atoms with Gasteiger partial charge in [0.2, 0.25) is 5.95 Å². The van der Waals surface area contributed by atoms with Gasteiger partial charge in [-0.05, 0) is 69.6 Å². The molecule has 2 aliphatic rings. The Hall–Kier alpha value is -2.40. The van der Waals surface area contributed by atoms with Crippen LogP contribution in [-0.2, 0) is 19.5 Å². The van der Waals surface area contributed by atoms with Crippen molar-refractivity contribution in [2.45, 2.75) is 72.4 Å². The van der Waals surface area contributed by atoms with Crippen molar-refractivity contribution in [3.05, 3.63) is 63.1 Å². The Balaban J connectivity index is 1.67. The number of nitrogens with zero attached hydrogens (tertiary/aromatic N) is 4. The third-order valence-electron chi connectivity index (χ3n) is 6.52. The summed E-state index contributed by atoms with van der Waals surface area (Å²) in [5.74, 6) is 0.770. The van der Waals surface area contributed by atoms with Crippen molar-refractivity contribution < 1.29 is 0 Å². The van der Waals surface area contributed by atoms with Crippen molar-refractivity contribution in [1.82, 2.24) is 14.5 Å². The van der Waals surface area contributed by atoms with E-state index in [1.165, 1.54) is 31.2 Å². The lowest BCUT2D eigenvalue weighted by molar-refractivity contribution is 0.199. The predicted molar refractivity (Wildman–Crippen MR) is 123 cm³/mol. The molecule has 5 heteroatoms. The van der Waals surface area contributed by atoms with Gasteiger partial charge in [-0.2, -0.15) is 0 Å². The first-order valence-corrected chi connectivity index (χ1v) is 11.5. The second-order valence-electron chi connectivity index (χ2n) is 8.55. The van der Waals surface area contributed by atoms with E-state index in [0.29, 0.717) is 6.67 Å². The van der Waals surface area contributed by atoms with E-state index in [0.717, 1.165) is 55.4 Å². The molecule has 0 N–H and O–H groups in total. The van der Waals surface area contributed by atoms with E-state index in [4.69, 9.17) is 4.98 Å². The third-order valence-corrected chi connectivity index (χ3v) is 6.52. The summed E-state index contributed by atoms with van der Waals surface area (Å²) in [4.78, 5) is 22.7. The summed E-state index contributed by atoms with van der Waals surface area (Å²) in [6.07, 6.45) is 10.3. The molecule has 0 bridgehead atoms. The maximum Gasteiger partial charge on any atom is 0.259 e. The molecule has 0 saturated heterocycles. The molecule has 160 valence electrons. The average Bonchev–Trinajstić information content (AvgIpc) is 2.78. The number of rotatable bonds is 6. The fraction of sp³-hybridized carbons (Fsp3) is 0.520. The smallest absolute Gasteiger partial charge is 0.259 e. The van der Waals surface area contributed by atoms with Crippen molar-refractivity contribution in [3.8, 4) is 0 Å². The molecule has 0 atom stereocenters. The molecule has 2 heterocycles. The molecular formula is C25H34N4O. The minimum absolute atomic E-state index is 0.108. The van der Waals surface area contributed by atoms with Crippen LogP contribution in [0.5, 0.6) is 0 Å². The molecule has 2 aromatic rings. The molecule has 4 rings (SSSR count). The zero-order valence-electron chi connectivity index (χ0n) is 18.7. The largest absolute Gasteiger partial charge is 0.298 e. The summed E-state index contributed by atoms with van der Waals surface area (Å²) in [7, 11) is 0. The van der Waals surface area contributed by atoms with Crippen LogP contribution in [0.1, 0.15) is 62.8 Å². The summed E-state index contributed by atoms with van der Waals surface area (Å²) >= 11 is 0. The number of hydrogen-bond donors (Lipinski definition) is 0. The first-order chi connectivity index (χ1) is 14.6. The number of benzene rings is 1. The summed E-state index contributed by atoms with van der Waals surface area (Å²) in [5, 5.41) is 0. The zero-order valence-corrected chi connectivity index (χ0v) is 18.7. The van der Waals surface area contributed by atoms with Gasteiger partial charge in [0.05, 0.1) is 13.3 Å². The molecule has 1 aromatic carbocycles. The van der Waals surface area contributed by atoms with Gasteiger partial charge in [0, 0.05) is 23.5 Å². The Kier molecular flexibility index (Phi) is 6.38. The quantitative estimate of drug-likeness (QED) is 0.638. The second-order valence-corrected chi connectivity index (χ2v) is 8.55. The van der Waals surface area contributed by atoms with Crippen LogP contribution < -0.4 is 10.5 Å². The number of aryl methyl sites for hydroxylation is 2. The fourth-order valence-electron chi connectivity index (χ4n) is 4.62. The number of anilines is 2. The van der Waals surface area contributed by atoms with Crippen molar-refractivity contribution >= 4 is 11.6 Å². The minimum atomic E-state index is 0.108. The topological polar surface area (TPSA) is 41.4 Å². The molecule has 0 radical (unpaired) electrons. The van der Waals surface area contributed by atoms with Crippen LogP contribution in [0.15, 0.2) is 40.7 Å². The molecule has 1 aliphatic carbocycles. The fourth-order valence-corrected chi connectivity index (χ4v) is 4.62. The van der Waals surface area contributed by atoms with E-state index in [2.05, 4.69) is 47.1 Å². The highest BCUT2D eigenvalue weighted by Gasteiger charge is 2.27. The standard InChI is InChI=1S/C25H34N4O/c1-4-20-11-13-22(14-12-20)28-17-27(16-15-21-9-7-6-8-10-21)18-29-24(30)23(5-2)19(3)26-25(28)29/h9,11-14H,4-8,10,15-18H2,1-3H3. The highest BCUT2D eigenvalue weighted by Crippen LogP contribution is 2.29. The van der Waals surface area contributed by atoms with Gasteiger partial charge in [-0.3, -0.25) is 19.2 Å². The Morgan fingerprint density at radius 3 is 2.50 bits per heavy atom. The molecule has 0 unspecified atom stereocenters. The zero-order chi connectivity index (χ0) is 21.1. The van der Waals surface area contributed by atoms with Gasteiger partial charge in [0.25, 0.3) is 5.56 Å². The van der Waals surface area contributed by atoms with Crippen LogP contribution in [0.25, 0.3) is 0 Å². The van der Waals surface area contributed by atoms with Gasteiger partial charge in [0.1, 0.15) is 0 Å². The summed E-state index contributed by atoms with van der Waals surface area (Å²) in [6, 6.07) is 8.67. The van der Waals surface area contributed by atoms with Gasteiger partial charge >= 0.3 is 0 Å². The van der Waals surface area contributed by atoms with Gasteiger partial charge in [0.15, 0.2) is 0 Å². The van der Waals surface area contributed by atoms with Gasteiger partial charge in [-0.25, -0.2) is 4.98 Å². The van der Waals surface area contributed by atoms with Crippen LogP contribution in [0.3, 0.4) is 0 Å². The molecule has 1 aromatic heterocycles. The lowest BCUT2D eigenvalue weighted by atomic mass is 9.97. The molecule has 0 spiro atoms. The SMILES string of the molecule is CCc1ccc(N2CN(CCC3=CCCCC3)Cn3c2nc(C)c(CC)c3=O)cc1. The van der Waals surface area contributed by atoms with Crippen LogP contribution in [-0.4, -0.2) is 27.7 Å². The Morgan fingerprint density at radius 2 is 1.83 bits per heavy atom. The van der Waals surface area contributed by atoms with Crippen LogP contribution in [0, 0.1) is 6.92 Å². The first kappa shape index (κ1) is 20.9. The van der Waals surface area contributed by atoms with Crippen molar-refractivity contribution in [2.24, 2.45) is 0 Å². The molecule has 1 aliphatic heterocycles. The van der Waals surface area contributed by atoms with E-state index in [1.54, 1.807) is 5.57 Å². The maximum absolute atomic E-state index is 13.3. The Labute approximate surface area is 180 Å².